The number of hydrogen-bond donors (Lipinski definition) is 1. The first-order chi connectivity index (χ1) is 14.9. The number of carbonyl (C=O) groups excluding carboxylic acids is 2. The zero-order valence-electron chi connectivity index (χ0n) is 18.0. The molecule has 162 valence electrons. The van der Waals surface area contributed by atoms with E-state index >= 15 is 0 Å². The molecule has 1 fully saturated rings. The Morgan fingerprint density at radius 2 is 1.84 bits per heavy atom. The second-order valence-corrected chi connectivity index (χ2v) is 8.74. The molecule has 0 radical (unpaired) electrons. The van der Waals surface area contributed by atoms with E-state index in [1.165, 1.54) is 11.3 Å². The van der Waals surface area contributed by atoms with Gasteiger partial charge in [0, 0.05) is 37.3 Å². The van der Waals surface area contributed by atoms with Crippen LogP contribution in [0, 0.1) is 20.8 Å². The smallest absolute Gasteiger partial charge is 0.275 e. The van der Waals surface area contributed by atoms with E-state index in [-0.39, 0.29) is 18.4 Å². The fraction of sp³-hybridized carbons (Fsp3) is 0.364. The van der Waals surface area contributed by atoms with E-state index in [1.807, 2.05) is 56.0 Å². The molecule has 1 aromatic carbocycles. The molecule has 0 bridgehead atoms. The highest BCUT2D eigenvalue weighted by atomic mass is 32.1. The number of hydrogen-bond acceptors (Lipinski definition) is 6. The molecule has 3 aromatic rings. The van der Waals surface area contributed by atoms with E-state index in [0.717, 1.165) is 27.8 Å². The average molecular weight is 439 g/mol. The Kier molecular flexibility index (Phi) is 6.03. The first-order valence-corrected chi connectivity index (χ1v) is 11.1. The SMILES string of the molecule is Cc1cc(C)n(CC(=O)N2CCN(c3ccccc3NC(=O)c3csc(C)n3)CC2)n1. The molecule has 9 heteroatoms. The summed E-state index contributed by atoms with van der Waals surface area (Å²) >= 11 is 1.46. The van der Waals surface area contributed by atoms with Crippen LogP contribution in [0.5, 0.6) is 0 Å². The van der Waals surface area contributed by atoms with Crippen LogP contribution in [0.1, 0.15) is 26.9 Å². The molecule has 3 heterocycles. The molecule has 2 aromatic heterocycles. The number of carbonyl (C=O) groups is 2. The van der Waals surface area contributed by atoms with E-state index in [4.69, 9.17) is 0 Å². The molecule has 0 saturated carbocycles. The van der Waals surface area contributed by atoms with Gasteiger partial charge in [0.1, 0.15) is 12.2 Å². The van der Waals surface area contributed by atoms with Crippen LogP contribution in [0.15, 0.2) is 35.7 Å². The first kappa shape index (κ1) is 21.0. The van der Waals surface area contributed by atoms with Crippen molar-refractivity contribution in [3.8, 4) is 0 Å². The summed E-state index contributed by atoms with van der Waals surface area (Å²) in [5.41, 5.74) is 4.04. The van der Waals surface area contributed by atoms with Gasteiger partial charge in [-0.3, -0.25) is 14.3 Å². The average Bonchev–Trinajstić information content (AvgIpc) is 3.33. The van der Waals surface area contributed by atoms with Crippen LogP contribution in [-0.2, 0) is 11.3 Å². The van der Waals surface area contributed by atoms with Gasteiger partial charge in [-0.15, -0.1) is 11.3 Å². The van der Waals surface area contributed by atoms with Crippen LogP contribution >= 0.6 is 11.3 Å². The number of nitrogens with zero attached hydrogens (tertiary/aromatic N) is 5. The minimum atomic E-state index is -0.213. The number of aromatic nitrogens is 3. The molecule has 0 aliphatic carbocycles. The van der Waals surface area contributed by atoms with Crippen molar-refractivity contribution in [2.75, 3.05) is 36.4 Å². The molecule has 2 amide bonds. The second-order valence-electron chi connectivity index (χ2n) is 7.68. The van der Waals surface area contributed by atoms with Crippen molar-refractivity contribution in [2.24, 2.45) is 0 Å². The van der Waals surface area contributed by atoms with Crippen molar-refractivity contribution in [2.45, 2.75) is 27.3 Å². The van der Waals surface area contributed by atoms with E-state index in [9.17, 15) is 9.59 Å². The standard InChI is InChI=1S/C22H26N6O2S/c1-15-12-16(2)28(25-15)13-21(29)27-10-8-26(9-11-27)20-7-5-4-6-18(20)24-22(30)19-14-31-17(3)23-19/h4-7,12,14H,8-11,13H2,1-3H3,(H,24,30). The molecule has 1 aliphatic heterocycles. The third-order valence-electron chi connectivity index (χ3n) is 5.37. The van der Waals surface area contributed by atoms with Crippen LogP contribution in [0.4, 0.5) is 11.4 Å². The van der Waals surface area contributed by atoms with Crippen LogP contribution in [0.2, 0.25) is 0 Å². The van der Waals surface area contributed by atoms with Crippen LogP contribution in [-0.4, -0.2) is 57.7 Å². The summed E-state index contributed by atoms with van der Waals surface area (Å²) in [4.78, 5) is 33.6. The summed E-state index contributed by atoms with van der Waals surface area (Å²) in [5, 5.41) is 10.00. The van der Waals surface area contributed by atoms with Gasteiger partial charge < -0.3 is 15.1 Å². The van der Waals surface area contributed by atoms with Gasteiger partial charge in [0.05, 0.1) is 22.1 Å². The van der Waals surface area contributed by atoms with E-state index in [0.29, 0.717) is 31.9 Å². The number of rotatable bonds is 5. The van der Waals surface area contributed by atoms with Gasteiger partial charge in [-0.25, -0.2) is 4.98 Å². The Morgan fingerprint density at radius 3 is 2.48 bits per heavy atom. The molecular formula is C22H26N6O2S. The summed E-state index contributed by atoms with van der Waals surface area (Å²) in [6, 6.07) is 9.73. The predicted molar refractivity (Wildman–Crippen MR) is 122 cm³/mol. The van der Waals surface area contributed by atoms with Crippen molar-refractivity contribution >= 4 is 34.5 Å². The molecular weight excluding hydrogens is 412 g/mol. The lowest BCUT2D eigenvalue weighted by atomic mass is 10.2. The minimum absolute atomic E-state index is 0.0753. The van der Waals surface area contributed by atoms with Gasteiger partial charge in [-0.2, -0.15) is 5.10 Å². The maximum Gasteiger partial charge on any atom is 0.275 e. The molecule has 1 aliphatic rings. The lowest BCUT2D eigenvalue weighted by Crippen LogP contribution is -2.49. The van der Waals surface area contributed by atoms with Gasteiger partial charge in [0.15, 0.2) is 0 Å². The van der Waals surface area contributed by atoms with Gasteiger partial charge in [0.2, 0.25) is 5.91 Å². The molecule has 4 rings (SSSR count). The summed E-state index contributed by atoms with van der Waals surface area (Å²) in [6.45, 7) is 8.70. The number of amides is 2. The first-order valence-electron chi connectivity index (χ1n) is 10.3. The van der Waals surface area contributed by atoms with Crippen molar-refractivity contribution in [3.05, 3.63) is 57.8 Å². The fourth-order valence-electron chi connectivity index (χ4n) is 3.77. The van der Waals surface area contributed by atoms with Crippen molar-refractivity contribution in [1.29, 1.82) is 0 Å². The van der Waals surface area contributed by atoms with Gasteiger partial charge in [-0.1, -0.05) is 12.1 Å². The molecule has 8 nitrogen and oxygen atoms in total. The van der Waals surface area contributed by atoms with Gasteiger partial charge in [-0.05, 0) is 39.0 Å². The Balaban J connectivity index is 1.39. The lowest BCUT2D eigenvalue weighted by molar-refractivity contribution is -0.132. The van der Waals surface area contributed by atoms with Crippen molar-refractivity contribution in [3.63, 3.8) is 0 Å². The molecule has 1 N–H and O–H groups in total. The molecule has 0 unspecified atom stereocenters. The molecule has 31 heavy (non-hydrogen) atoms. The number of thiazole rings is 1. The third kappa shape index (κ3) is 4.77. The fourth-order valence-corrected chi connectivity index (χ4v) is 4.36. The number of anilines is 2. The lowest BCUT2D eigenvalue weighted by Gasteiger charge is -2.37. The zero-order valence-corrected chi connectivity index (χ0v) is 18.8. The highest BCUT2D eigenvalue weighted by Crippen LogP contribution is 2.27. The Hall–Kier alpha value is -3.20. The molecule has 0 spiro atoms. The molecule has 1 saturated heterocycles. The van der Waals surface area contributed by atoms with Gasteiger partial charge in [0.25, 0.3) is 5.91 Å². The highest BCUT2D eigenvalue weighted by Gasteiger charge is 2.24. The Morgan fingerprint density at radius 1 is 1.10 bits per heavy atom. The highest BCUT2D eigenvalue weighted by molar-refractivity contribution is 7.09. The monoisotopic (exact) mass is 438 g/mol. The topological polar surface area (TPSA) is 83.4 Å². The van der Waals surface area contributed by atoms with E-state index < -0.39 is 0 Å². The quantitative estimate of drug-likeness (QED) is 0.662. The largest absolute Gasteiger partial charge is 0.366 e. The summed E-state index contributed by atoms with van der Waals surface area (Å²) < 4.78 is 1.76. The number of benzene rings is 1. The zero-order chi connectivity index (χ0) is 22.0. The molecule has 0 atom stereocenters. The second kappa shape index (κ2) is 8.89. The number of nitrogens with one attached hydrogen (secondary N) is 1. The third-order valence-corrected chi connectivity index (χ3v) is 6.14. The summed E-state index contributed by atoms with van der Waals surface area (Å²) in [5.74, 6) is -0.137. The van der Waals surface area contributed by atoms with Crippen LogP contribution in [0.3, 0.4) is 0 Å². The summed E-state index contributed by atoms with van der Waals surface area (Å²) in [6.07, 6.45) is 0. The minimum Gasteiger partial charge on any atom is -0.366 e. The maximum absolute atomic E-state index is 12.7. The number of para-hydroxylation sites is 2. The Bertz CT molecular complexity index is 1100. The van der Waals surface area contributed by atoms with Crippen LogP contribution in [0.25, 0.3) is 0 Å². The van der Waals surface area contributed by atoms with Crippen LogP contribution < -0.4 is 10.2 Å². The normalized spacial score (nSPS) is 14.0. The van der Waals surface area contributed by atoms with Gasteiger partial charge >= 0.3 is 0 Å². The number of aryl methyl sites for hydroxylation is 3. The van der Waals surface area contributed by atoms with Crippen molar-refractivity contribution < 1.29 is 9.59 Å². The Labute approximate surface area is 185 Å². The van der Waals surface area contributed by atoms with E-state index in [2.05, 4.69) is 20.3 Å². The van der Waals surface area contributed by atoms with Crippen molar-refractivity contribution in [1.82, 2.24) is 19.7 Å². The predicted octanol–water partition coefficient (Wildman–Crippen LogP) is 2.87. The number of piperazine rings is 1. The van der Waals surface area contributed by atoms with E-state index in [1.54, 1.807) is 10.1 Å². The maximum atomic E-state index is 12.7. The summed E-state index contributed by atoms with van der Waals surface area (Å²) in [7, 11) is 0.